The van der Waals surface area contributed by atoms with E-state index in [9.17, 15) is 9.90 Å². The number of aliphatic hydroxyl groups excluding tert-OH is 1. The molecule has 6 nitrogen and oxygen atoms in total. The van der Waals surface area contributed by atoms with Crippen molar-refractivity contribution in [3.8, 4) is 17.2 Å². The first kappa shape index (κ1) is 22.8. The second kappa shape index (κ2) is 11.5. The lowest BCUT2D eigenvalue weighted by molar-refractivity contribution is -0.123. The quantitative estimate of drug-likeness (QED) is 0.517. The number of para-hydroxylation sites is 1. The molecule has 1 aliphatic heterocycles. The van der Waals surface area contributed by atoms with E-state index in [1.54, 1.807) is 12.1 Å². The second-order valence-electron chi connectivity index (χ2n) is 8.28. The van der Waals surface area contributed by atoms with E-state index in [1.807, 2.05) is 54.6 Å². The van der Waals surface area contributed by atoms with Crippen LogP contribution in [0.25, 0.3) is 0 Å². The van der Waals surface area contributed by atoms with Gasteiger partial charge in [-0.1, -0.05) is 42.5 Å². The minimum Gasteiger partial charge on any atom is -0.484 e. The summed E-state index contributed by atoms with van der Waals surface area (Å²) in [4.78, 5) is 14.5. The Morgan fingerprint density at radius 2 is 1.45 bits per heavy atom. The van der Waals surface area contributed by atoms with Crippen molar-refractivity contribution in [3.05, 3.63) is 90.0 Å². The molecule has 1 fully saturated rings. The maximum Gasteiger partial charge on any atom is 0.258 e. The molecule has 0 unspecified atom stereocenters. The standard InChI is InChI=1S/C27H30N2O4/c30-23-14-16-29(17-15-23)19-22-8-6-21(7-9-22)18-28-27(31)20-32-24-10-12-26(13-11-24)33-25-4-2-1-3-5-25/h1-13,23,30H,14-20H2,(H,28,31). The molecular formula is C27H30N2O4. The van der Waals surface area contributed by atoms with Crippen LogP contribution in [0, 0.1) is 0 Å². The number of likely N-dealkylation sites (tertiary alicyclic amines) is 1. The van der Waals surface area contributed by atoms with Gasteiger partial charge < -0.3 is 19.9 Å². The van der Waals surface area contributed by atoms with Gasteiger partial charge in [-0.15, -0.1) is 0 Å². The highest BCUT2D eigenvalue weighted by atomic mass is 16.5. The van der Waals surface area contributed by atoms with Crippen LogP contribution in [0.5, 0.6) is 17.2 Å². The Bertz CT molecular complexity index is 999. The molecule has 3 aromatic rings. The molecule has 0 aliphatic carbocycles. The molecule has 172 valence electrons. The van der Waals surface area contributed by atoms with Crippen LogP contribution in [-0.4, -0.2) is 41.7 Å². The molecule has 6 heteroatoms. The van der Waals surface area contributed by atoms with Gasteiger partial charge in [0.25, 0.3) is 5.91 Å². The molecule has 1 aliphatic rings. The Morgan fingerprint density at radius 1 is 0.848 bits per heavy atom. The molecule has 4 rings (SSSR count). The highest BCUT2D eigenvalue weighted by Gasteiger charge is 2.16. The fourth-order valence-corrected chi connectivity index (χ4v) is 3.73. The van der Waals surface area contributed by atoms with E-state index in [2.05, 4.69) is 22.3 Å². The molecule has 1 heterocycles. The number of amides is 1. The van der Waals surface area contributed by atoms with E-state index >= 15 is 0 Å². The van der Waals surface area contributed by atoms with Crippen molar-refractivity contribution in [3.63, 3.8) is 0 Å². The van der Waals surface area contributed by atoms with Crippen LogP contribution in [0.15, 0.2) is 78.9 Å². The number of rotatable bonds is 9. The van der Waals surface area contributed by atoms with E-state index in [0.717, 1.165) is 43.8 Å². The van der Waals surface area contributed by atoms with Crippen LogP contribution in [-0.2, 0) is 17.9 Å². The third-order valence-corrected chi connectivity index (χ3v) is 5.65. The monoisotopic (exact) mass is 446 g/mol. The van der Waals surface area contributed by atoms with Crippen molar-refractivity contribution in [1.82, 2.24) is 10.2 Å². The molecule has 0 atom stereocenters. The Morgan fingerprint density at radius 3 is 2.15 bits per heavy atom. The number of nitrogens with one attached hydrogen (secondary N) is 1. The number of aliphatic hydroxyl groups is 1. The van der Waals surface area contributed by atoms with E-state index in [0.29, 0.717) is 18.0 Å². The fraction of sp³-hybridized carbons (Fsp3) is 0.296. The van der Waals surface area contributed by atoms with Gasteiger partial charge in [-0.3, -0.25) is 9.69 Å². The Kier molecular flexibility index (Phi) is 7.95. The molecule has 1 saturated heterocycles. The number of piperidine rings is 1. The fourth-order valence-electron chi connectivity index (χ4n) is 3.73. The molecule has 0 radical (unpaired) electrons. The first-order valence-corrected chi connectivity index (χ1v) is 11.3. The van der Waals surface area contributed by atoms with Gasteiger partial charge >= 0.3 is 0 Å². The van der Waals surface area contributed by atoms with Crippen LogP contribution in [0.1, 0.15) is 24.0 Å². The predicted octanol–water partition coefficient (Wildman–Crippen LogP) is 4.13. The summed E-state index contributed by atoms with van der Waals surface area (Å²) in [7, 11) is 0. The molecule has 2 N–H and O–H groups in total. The zero-order chi connectivity index (χ0) is 22.9. The SMILES string of the molecule is O=C(COc1ccc(Oc2ccccc2)cc1)NCc1ccc(CN2CCC(O)CC2)cc1. The molecular weight excluding hydrogens is 416 g/mol. The number of ether oxygens (including phenoxy) is 2. The van der Waals surface area contributed by atoms with E-state index in [-0.39, 0.29) is 18.6 Å². The minimum absolute atomic E-state index is 0.0439. The molecule has 0 aromatic heterocycles. The average molecular weight is 447 g/mol. The van der Waals surface area contributed by atoms with Crippen LogP contribution in [0.4, 0.5) is 0 Å². The topological polar surface area (TPSA) is 71.0 Å². The molecule has 0 saturated carbocycles. The summed E-state index contributed by atoms with van der Waals surface area (Å²) in [6.07, 6.45) is 1.54. The van der Waals surface area contributed by atoms with E-state index < -0.39 is 0 Å². The van der Waals surface area contributed by atoms with Gasteiger partial charge in [0, 0.05) is 26.2 Å². The summed E-state index contributed by atoms with van der Waals surface area (Å²) in [6.45, 7) is 3.17. The Balaban J connectivity index is 1.16. The van der Waals surface area contributed by atoms with Crippen molar-refractivity contribution in [2.45, 2.75) is 32.0 Å². The van der Waals surface area contributed by atoms with Crippen molar-refractivity contribution in [2.24, 2.45) is 0 Å². The zero-order valence-electron chi connectivity index (χ0n) is 18.7. The molecule has 33 heavy (non-hydrogen) atoms. The van der Waals surface area contributed by atoms with Gasteiger partial charge in [0.05, 0.1) is 6.10 Å². The number of hydrogen-bond donors (Lipinski definition) is 2. The van der Waals surface area contributed by atoms with Gasteiger partial charge in [0.1, 0.15) is 17.2 Å². The molecule has 3 aromatic carbocycles. The number of nitrogens with zero attached hydrogens (tertiary/aromatic N) is 1. The van der Waals surface area contributed by atoms with Crippen molar-refractivity contribution >= 4 is 5.91 Å². The largest absolute Gasteiger partial charge is 0.484 e. The lowest BCUT2D eigenvalue weighted by atomic mass is 10.1. The summed E-state index contributed by atoms with van der Waals surface area (Å²) in [5.41, 5.74) is 2.29. The van der Waals surface area contributed by atoms with Crippen LogP contribution >= 0.6 is 0 Å². The first-order chi connectivity index (χ1) is 16.1. The summed E-state index contributed by atoms with van der Waals surface area (Å²) in [6, 6.07) is 25.0. The number of carbonyl (C=O) groups excluding carboxylic acids is 1. The average Bonchev–Trinajstić information content (AvgIpc) is 2.85. The smallest absolute Gasteiger partial charge is 0.258 e. The lowest BCUT2D eigenvalue weighted by Gasteiger charge is -2.29. The van der Waals surface area contributed by atoms with Gasteiger partial charge in [0.15, 0.2) is 6.61 Å². The normalized spacial score (nSPS) is 14.6. The zero-order valence-corrected chi connectivity index (χ0v) is 18.7. The maximum absolute atomic E-state index is 12.2. The molecule has 0 spiro atoms. The minimum atomic E-state index is -0.171. The molecule has 0 bridgehead atoms. The lowest BCUT2D eigenvalue weighted by Crippen LogP contribution is -2.35. The van der Waals surface area contributed by atoms with Gasteiger partial charge in [0.2, 0.25) is 0 Å². The maximum atomic E-state index is 12.2. The first-order valence-electron chi connectivity index (χ1n) is 11.3. The Labute approximate surface area is 194 Å². The van der Waals surface area contributed by atoms with E-state index in [4.69, 9.17) is 9.47 Å². The summed E-state index contributed by atoms with van der Waals surface area (Å²) in [5, 5.41) is 12.5. The van der Waals surface area contributed by atoms with E-state index in [1.165, 1.54) is 5.56 Å². The summed E-state index contributed by atoms with van der Waals surface area (Å²) >= 11 is 0. The third kappa shape index (κ3) is 7.34. The van der Waals surface area contributed by atoms with Crippen molar-refractivity contribution in [1.29, 1.82) is 0 Å². The molecule has 1 amide bonds. The number of carbonyl (C=O) groups is 1. The van der Waals surface area contributed by atoms with Crippen LogP contribution < -0.4 is 14.8 Å². The Hall–Kier alpha value is -3.35. The van der Waals surface area contributed by atoms with Gasteiger partial charge in [-0.25, -0.2) is 0 Å². The third-order valence-electron chi connectivity index (χ3n) is 5.65. The highest BCUT2D eigenvalue weighted by molar-refractivity contribution is 5.77. The van der Waals surface area contributed by atoms with Crippen molar-refractivity contribution in [2.75, 3.05) is 19.7 Å². The van der Waals surface area contributed by atoms with Gasteiger partial charge in [-0.05, 0) is 60.4 Å². The summed E-state index contributed by atoms with van der Waals surface area (Å²) < 4.78 is 11.3. The highest BCUT2D eigenvalue weighted by Crippen LogP contribution is 2.23. The predicted molar refractivity (Wildman–Crippen MR) is 127 cm³/mol. The second-order valence-corrected chi connectivity index (χ2v) is 8.28. The van der Waals surface area contributed by atoms with Crippen LogP contribution in [0.3, 0.4) is 0 Å². The van der Waals surface area contributed by atoms with Gasteiger partial charge in [-0.2, -0.15) is 0 Å². The van der Waals surface area contributed by atoms with Crippen LogP contribution in [0.2, 0.25) is 0 Å². The van der Waals surface area contributed by atoms with Crippen molar-refractivity contribution < 1.29 is 19.4 Å². The summed E-state index contributed by atoms with van der Waals surface area (Å²) in [5.74, 6) is 1.92. The number of hydrogen-bond acceptors (Lipinski definition) is 5. The number of benzene rings is 3.